The third-order valence-electron chi connectivity index (χ3n) is 5.20. The van der Waals surface area contributed by atoms with Gasteiger partial charge in [0.25, 0.3) is 0 Å². The van der Waals surface area contributed by atoms with Gasteiger partial charge in [-0.2, -0.15) is 0 Å². The average molecular weight is 448 g/mol. The molecule has 4 aromatic carbocycles. The molecule has 0 radical (unpaired) electrons. The van der Waals surface area contributed by atoms with E-state index in [0.29, 0.717) is 17.9 Å². The standard InChI is InChI=1S/C26H25NO2S2/c1-20-11-15-25(16-12-20)31(28,29)27-18-17-26(22-8-3-2-4-9-22)30-24-14-13-21-7-5-6-10-23(21)19-24/h2-16,19,26-27H,17-18H2,1H3. The van der Waals surface area contributed by atoms with Gasteiger partial charge in [0.2, 0.25) is 10.0 Å². The largest absolute Gasteiger partial charge is 0.240 e. The number of hydrogen-bond acceptors (Lipinski definition) is 3. The molecule has 0 bridgehead atoms. The van der Waals surface area contributed by atoms with E-state index in [1.165, 1.54) is 21.2 Å². The molecule has 0 fully saturated rings. The lowest BCUT2D eigenvalue weighted by molar-refractivity contribution is 0.578. The maximum atomic E-state index is 12.6. The molecule has 1 N–H and O–H groups in total. The van der Waals surface area contributed by atoms with E-state index in [1.807, 2.05) is 49.4 Å². The minimum absolute atomic E-state index is 0.142. The van der Waals surface area contributed by atoms with Crippen LogP contribution in [0.2, 0.25) is 0 Å². The van der Waals surface area contributed by atoms with Crippen molar-refractivity contribution in [1.82, 2.24) is 4.72 Å². The Balaban J connectivity index is 1.49. The van der Waals surface area contributed by atoms with Crippen LogP contribution < -0.4 is 4.72 Å². The molecule has 0 aromatic heterocycles. The Bertz CT molecular complexity index is 1250. The summed E-state index contributed by atoms with van der Waals surface area (Å²) in [6.07, 6.45) is 0.687. The Morgan fingerprint density at radius 1 is 0.806 bits per heavy atom. The van der Waals surface area contributed by atoms with Crippen LogP contribution in [0.5, 0.6) is 0 Å². The number of sulfonamides is 1. The highest BCUT2D eigenvalue weighted by molar-refractivity contribution is 7.99. The number of hydrogen-bond donors (Lipinski definition) is 1. The molecule has 3 nitrogen and oxygen atoms in total. The van der Waals surface area contributed by atoms with Gasteiger partial charge in [0, 0.05) is 16.7 Å². The molecule has 0 aliphatic carbocycles. The van der Waals surface area contributed by atoms with Crippen LogP contribution in [-0.4, -0.2) is 15.0 Å². The lowest BCUT2D eigenvalue weighted by atomic mass is 10.1. The molecule has 0 aliphatic heterocycles. The second kappa shape index (κ2) is 9.69. The van der Waals surface area contributed by atoms with Crippen LogP contribution in [0, 0.1) is 6.92 Å². The van der Waals surface area contributed by atoms with E-state index in [9.17, 15) is 8.42 Å². The predicted molar refractivity (Wildman–Crippen MR) is 130 cm³/mol. The van der Waals surface area contributed by atoms with Gasteiger partial charge in [-0.1, -0.05) is 78.4 Å². The molecule has 0 aliphatic rings. The molecule has 5 heteroatoms. The first-order valence-corrected chi connectivity index (χ1v) is 12.6. The quantitative estimate of drug-likeness (QED) is 0.320. The van der Waals surface area contributed by atoms with Crippen molar-refractivity contribution < 1.29 is 8.42 Å². The molecular weight excluding hydrogens is 422 g/mol. The molecule has 1 atom stereocenters. The first-order chi connectivity index (χ1) is 15.0. The summed E-state index contributed by atoms with van der Waals surface area (Å²) < 4.78 is 28.1. The average Bonchev–Trinajstić information content (AvgIpc) is 2.79. The van der Waals surface area contributed by atoms with E-state index < -0.39 is 10.0 Å². The summed E-state index contributed by atoms with van der Waals surface area (Å²) >= 11 is 1.77. The van der Waals surface area contributed by atoms with Crippen LogP contribution in [0.4, 0.5) is 0 Å². The van der Waals surface area contributed by atoms with Crippen molar-refractivity contribution in [1.29, 1.82) is 0 Å². The predicted octanol–water partition coefficient (Wildman–Crippen LogP) is 6.35. The number of aryl methyl sites for hydroxylation is 1. The van der Waals surface area contributed by atoms with Crippen molar-refractivity contribution in [3.05, 3.63) is 108 Å². The Labute approximate surface area is 188 Å². The molecule has 31 heavy (non-hydrogen) atoms. The smallest absolute Gasteiger partial charge is 0.211 e. The number of rotatable bonds is 8. The lowest BCUT2D eigenvalue weighted by Crippen LogP contribution is -2.25. The second-order valence-corrected chi connectivity index (χ2v) is 10.6. The number of fused-ring (bicyclic) bond motifs is 1. The molecule has 4 aromatic rings. The van der Waals surface area contributed by atoms with E-state index in [-0.39, 0.29) is 5.25 Å². The molecular formula is C26H25NO2S2. The van der Waals surface area contributed by atoms with Crippen LogP contribution in [0.1, 0.15) is 22.8 Å². The molecule has 158 valence electrons. The highest BCUT2D eigenvalue weighted by atomic mass is 32.2. The lowest BCUT2D eigenvalue weighted by Gasteiger charge is -2.18. The van der Waals surface area contributed by atoms with Crippen molar-refractivity contribution in [2.75, 3.05) is 6.54 Å². The maximum Gasteiger partial charge on any atom is 0.240 e. The fourth-order valence-electron chi connectivity index (χ4n) is 3.49. The van der Waals surface area contributed by atoms with E-state index in [1.54, 1.807) is 23.9 Å². The number of benzene rings is 4. The first kappa shape index (κ1) is 21.6. The van der Waals surface area contributed by atoms with Crippen molar-refractivity contribution in [3.63, 3.8) is 0 Å². The van der Waals surface area contributed by atoms with Gasteiger partial charge in [-0.25, -0.2) is 13.1 Å². The minimum atomic E-state index is -3.52. The van der Waals surface area contributed by atoms with E-state index in [0.717, 1.165) is 5.56 Å². The maximum absolute atomic E-state index is 12.6. The topological polar surface area (TPSA) is 46.2 Å². The van der Waals surface area contributed by atoms with Crippen molar-refractivity contribution in [2.45, 2.75) is 28.4 Å². The zero-order chi connectivity index (χ0) is 21.7. The molecule has 0 amide bonds. The van der Waals surface area contributed by atoms with Gasteiger partial charge in [0.1, 0.15) is 0 Å². The van der Waals surface area contributed by atoms with E-state index in [4.69, 9.17) is 0 Å². The van der Waals surface area contributed by atoms with Gasteiger partial charge in [-0.05, 0) is 53.9 Å². The summed E-state index contributed by atoms with van der Waals surface area (Å²) in [7, 11) is -3.52. The normalized spacial score (nSPS) is 12.7. The summed E-state index contributed by atoms with van der Waals surface area (Å²) in [4.78, 5) is 1.48. The van der Waals surface area contributed by atoms with Crippen molar-refractivity contribution in [3.8, 4) is 0 Å². The Kier molecular flexibility index (Phi) is 6.76. The zero-order valence-corrected chi connectivity index (χ0v) is 19.0. The van der Waals surface area contributed by atoms with Crippen LogP contribution in [0.3, 0.4) is 0 Å². The number of thioether (sulfide) groups is 1. The summed E-state index contributed by atoms with van der Waals surface area (Å²) in [5, 5.41) is 2.57. The van der Waals surface area contributed by atoms with Gasteiger partial charge in [0.15, 0.2) is 0 Å². The summed E-state index contributed by atoms with van der Waals surface area (Å²) in [5.41, 5.74) is 2.23. The van der Waals surface area contributed by atoms with Gasteiger partial charge >= 0.3 is 0 Å². The molecule has 0 spiro atoms. The fourth-order valence-corrected chi connectivity index (χ4v) is 5.74. The van der Waals surface area contributed by atoms with Gasteiger partial charge < -0.3 is 0 Å². The second-order valence-electron chi connectivity index (χ2n) is 7.53. The first-order valence-electron chi connectivity index (χ1n) is 10.3. The third-order valence-corrected chi connectivity index (χ3v) is 8.00. The van der Waals surface area contributed by atoms with E-state index >= 15 is 0 Å². The van der Waals surface area contributed by atoms with Crippen LogP contribution >= 0.6 is 11.8 Å². The van der Waals surface area contributed by atoms with Crippen LogP contribution in [0.25, 0.3) is 10.8 Å². The summed E-state index contributed by atoms with van der Waals surface area (Å²) in [5.74, 6) is 0. The van der Waals surface area contributed by atoms with Crippen LogP contribution in [0.15, 0.2) is 107 Å². The molecule has 0 heterocycles. The van der Waals surface area contributed by atoms with Crippen molar-refractivity contribution >= 4 is 32.6 Å². The van der Waals surface area contributed by atoms with Gasteiger partial charge in [-0.3, -0.25) is 0 Å². The molecule has 0 saturated heterocycles. The van der Waals surface area contributed by atoms with Gasteiger partial charge in [0.05, 0.1) is 4.90 Å². The Morgan fingerprint density at radius 2 is 1.48 bits per heavy atom. The molecule has 1 unspecified atom stereocenters. The highest BCUT2D eigenvalue weighted by Gasteiger charge is 2.17. The number of nitrogens with one attached hydrogen (secondary N) is 1. The van der Waals surface area contributed by atoms with Crippen LogP contribution in [-0.2, 0) is 10.0 Å². The minimum Gasteiger partial charge on any atom is -0.211 e. The zero-order valence-electron chi connectivity index (χ0n) is 17.4. The highest BCUT2D eigenvalue weighted by Crippen LogP contribution is 2.38. The summed E-state index contributed by atoms with van der Waals surface area (Å²) in [6, 6.07) is 32.0. The van der Waals surface area contributed by atoms with Gasteiger partial charge in [-0.15, -0.1) is 11.8 Å². The molecule has 4 rings (SSSR count). The Hall–Kier alpha value is -2.60. The SMILES string of the molecule is Cc1ccc(S(=O)(=O)NCCC(Sc2ccc3ccccc3c2)c2ccccc2)cc1. The monoisotopic (exact) mass is 447 g/mol. The molecule has 0 saturated carbocycles. The van der Waals surface area contributed by atoms with Crippen molar-refractivity contribution in [2.24, 2.45) is 0 Å². The van der Waals surface area contributed by atoms with E-state index in [2.05, 4.69) is 47.2 Å². The fraction of sp³-hybridized carbons (Fsp3) is 0.154. The summed E-state index contributed by atoms with van der Waals surface area (Å²) in [6.45, 7) is 2.31. The Morgan fingerprint density at radius 3 is 2.23 bits per heavy atom. The third kappa shape index (κ3) is 5.56.